The van der Waals surface area contributed by atoms with Crippen molar-refractivity contribution in [1.29, 1.82) is 0 Å². The fourth-order valence-electron chi connectivity index (χ4n) is 1.34. The SMILES string of the molecule is Cc1ccc(-n2c[c]cc2)cc1C. The van der Waals surface area contributed by atoms with Crippen molar-refractivity contribution in [3.8, 4) is 5.69 Å². The fourth-order valence-corrected chi connectivity index (χ4v) is 1.34. The molecule has 0 bridgehead atoms. The highest BCUT2D eigenvalue weighted by Gasteiger charge is 1.96. The summed E-state index contributed by atoms with van der Waals surface area (Å²) in [6.45, 7) is 4.26. The number of benzene rings is 1. The highest BCUT2D eigenvalue weighted by atomic mass is 14.9. The summed E-state index contributed by atoms with van der Waals surface area (Å²) in [6.07, 6.45) is 3.94. The molecule has 1 heterocycles. The molecule has 0 atom stereocenters. The molecule has 1 radical (unpaired) electrons. The van der Waals surface area contributed by atoms with Gasteiger partial charge < -0.3 is 4.57 Å². The van der Waals surface area contributed by atoms with Gasteiger partial charge in [0.2, 0.25) is 0 Å². The van der Waals surface area contributed by atoms with Crippen LogP contribution < -0.4 is 0 Å². The highest BCUT2D eigenvalue weighted by molar-refractivity contribution is 5.39. The lowest BCUT2D eigenvalue weighted by Crippen LogP contribution is -1.91. The molecule has 0 aliphatic rings. The van der Waals surface area contributed by atoms with Crippen LogP contribution in [0.4, 0.5) is 0 Å². The van der Waals surface area contributed by atoms with Crippen LogP contribution in [0.5, 0.6) is 0 Å². The summed E-state index contributed by atoms with van der Waals surface area (Å²) in [6, 6.07) is 11.4. The van der Waals surface area contributed by atoms with E-state index in [1.807, 2.05) is 18.5 Å². The van der Waals surface area contributed by atoms with Crippen molar-refractivity contribution in [2.45, 2.75) is 13.8 Å². The Labute approximate surface area is 78.6 Å². The first kappa shape index (κ1) is 8.11. The molecule has 0 fully saturated rings. The van der Waals surface area contributed by atoms with E-state index in [1.165, 1.54) is 16.8 Å². The van der Waals surface area contributed by atoms with E-state index in [4.69, 9.17) is 0 Å². The maximum Gasteiger partial charge on any atom is 0.0452 e. The van der Waals surface area contributed by atoms with E-state index in [1.54, 1.807) is 0 Å². The second-order valence-corrected chi connectivity index (χ2v) is 3.29. The van der Waals surface area contributed by atoms with Gasteiger partial charge in [0.15, 0.2) is 0 Å². The van der Waals surface area contributed by atoms with E-state index in [2.05, 4.69) is 42.7 Å². The van der Waals surface area contributed by atoms with Gasteiger partial charge in [0.05, 0.1) is 0 Å². The third kappa shape index (κ3) is 1.50. The molecule has 0 spiro atoms. The summed E-state index contributed by atoms with van der Waals surface area (Å²) < 4.78 is 2.06. The average Bonchev–Trinajstić information content (AvgIpc) is 2.62. The molecule has 0 aliphatic heterocycles. The molecule has 65 valence electrons. The number of nitrogens with zero attached hydrogens (tertiary/aromatic N) is 1. The minimum Gasteiger partial charge on any atom is -0.323 e. The molecular formula is C12H12N. The van der Waals surface area contributed by atoms with Crippen LogP contribution in [0.3, 0.4) is 0 Å². The summed E-state index contributed by atoms with van der Waals surface area (Å²) in [5.74, 6) is 0. The van der Waals surface area contributed by atoms with Gasteiger partial charge in [-0.15, -0.1) is 0 Å². The lowest BCUT2D eigenvalue weighted by molar-refractivity contribution is 1.07. The maximum atomic E-state index is 3.03. The van der Waals surface area contributed by atoms with Crippen LogP contribution in [-0.2, 0) is 0 Å². The van der Waals surface area contributed by atoms with E-state index in [9.17, 15) is 0 Å². The van der Waals surface area contributed by atoms with Gasteiger partial charge in [-0.25, -0.2) is 0 Å². The number of hydrogen-bond donors (Lipinski definition) is 0. The normalized spacial score (nSPS) is 10.3. The quantitative estimate of drug-likeness (QED) is 0.620. The Morgan fingerprint density at radius 3 is 2.62 bits per heavy atom. The van der Waals surface area contributed by atoms with Gasteiger partial charge in [-0.1, -0.05) is 6.07 Å². The van der Waals surface area contributed by atoms with Crippen LogP contribution in [0.1, 0.15) is 11.1 Å². The van der Waals surface area contributed by atoms with Gasteiger partial charge in [-0.2, -0.15) is 0 Å². The lowest BCUT2D eigenvalue weighted by atomic mass is 10.1. The standard InChI is InChI=1S/C12H12N/c1-10-5-6-12(9-11(10)2)13-7-3-4-8-13/h3,5-9H,1-2H3. The predicted octanol–water partition coefficient (Wildman–Crippen LogP) is 2.89. The van der Waals surface area contributed by atoms with E-state index >= 15 is 0 Å². The molecule has 0 aliphatic carbocycles. The zero-order valence-electron chi connectivity index (χ0n) is 7.91. The number of rotatable bonds is 1. The monoisotopic (exact) mass is 170 g/mol. The molecule has 2 aromatic rings. The summed E-state index contributed by atoms with van der Waals surface area (Å²) in [4.78, 5) is 0. The first-order chi connectivity index (χ1) is 6.27. The summed E-state index contributed by atoms with van der Waals surface area (Å²) >= 11 is 0. The van der Waals surface area contributed by atoms with Gasteiger partial charge in [0.1, 0.15) is 0 Å². The first-order valence-corrected chi connectivity index (χ1v) is 4.39. The van der Waals surface area contributed by atoms with Crippen molar-refractivity contribution < 1.29 is 0 Å². The number of hydrogen-bond acceptors (Lipinski definition) is 0. The molecule has 0 amide bonds. The minimum absolute atomic E-state index is 1.20. The summed E-state index contributed by atoms with van der Waals surface area (Å²) in [5.41, 5.74) is 3.86. The first-order valence-electron chi connectivity index (χ1n) is 4.39. The molecular weight excluding hydrogens is 158 g/mol. The van der Waals surface area contributed by atoms with E-state index in [0.29, 0.717) is 0 Å². The molecule has 0 unspecified atom stereocenters. The Bertz CT molecular complexity index is 399. The molecule has 2 rings (SSSR count). The molecule has 0 saturated heterocycles. The number of aryl methyl sites for hydroxylation is 2. The third-order valence-electron chi connectivity index (χ3n) is 2.33. The van der Waals surface area contributed by atoms with Crippen LogP contribution in [0.15, 0.2) is 36.7 Å². The Hall–Kier alpha value is -1.50. The van der Waals surface area contributed by atoms with Gasteiger partial charge in [0, 0.05) is 24.1 Å². The predicted molar refractivity (Wildman–Crippen MR) is 54.1 cm³/mol. The average molecular weight is 170 g/mol. The Balaban J connectivity index is 2.49. The van der Waals surface area contributed by atoms with Crippen molar-refractivity contribution in [1.82, 2.24) is 4.57 Å². The molecule has 13 heavy (non-hydrogen) atoms. The molecule has 0 saturated carbocycles. The van der Waals surface area contributed by atoms with Crippen molar-refractivity contribution in [2.75, 3.05) is 0 Å². The molecule has 1 aromatic carbocycles. The number of aromatic nitrogens is 1. The maximum absolute atomic E-state index is 3.03. The molecule has 1 aromatic heterocycles. The lowest BCUT2D eigenvalue weighted by Gasteiger charge is -2.05. The second kappa shape index (κ2) is 3.09. The Morgan fingerprint density at radius 2 is 2.00 bits per heavy atom. The van der Waals surface area contributed by atoms with Crippen LogP contribution >= 0.6 is 0 Å². The molecule has 0 N–H and O–H groups in total. The van der Waals surface area contributed by atoms with E-state index in [-0.39, 0.29) is 0 Å². The third-order valence-corrected chi connectivity index (χ3v) is 2.33. The molecule has 1 nitrogen and oxygen atoms in total. The van der Waals surface area contributed by atoms with Crippen LogP contribution in [0, 0.1) is 19.9 Å². The van der Waals surface area contributed by atoms with Crippen molar-refractivity contribution in [3.05, 3.63) is 53.9 Å². The Kier molecular flexibility index (Phi) is 1.93. The summed E-state index contributed by atoms with van der Waals surface area (Å²) in [5, 5.41) is 0. The van der Waals surface area contributed by atoms with E-state index in [0.717, 1.165) is 0 Å². The largest absolute Gasteiger partial charge is 0.323 e. The minimum atomic E-state index is 1.20. The zero-order chi connectivity index (χ0) is 9.26. The highest BCUT2D eigenvalue weighted by Crippen LogP contribution is 2.13. The fraction of sp³-hybridized carbons (Fsp3) is 0.167. The van der Waals surface area contributed by atoms with Crippen LogP contribution in [-0.4, -0.2) is 4.57 Å². The van der Waals surface area contributed by atoms with Gasteiger partial charge in [0.25, 0.3) is 0 Å². The van der Waals surface area contributed by atoms with Crippen LogP contribution in [0.2, 0.25) is 0 Å². The smallest absolute Gasteiger partial charge is 0.0452 e. The Morgan fingerprint density at radius 1 is 1.15 bits per heavy atom. The van der Waals surface area contributed by atoms with Gasteiger partial charge >= 0.3 is 0 Å². The zero-order valence-corrected chi connectivity index (χ0v) is 7.91. The van der Waals surface area contributed by atoms with Gasteiger partial charge in [-0.3, -0.25) is 0 Å². The van der Waals surface area contributed by atoms with Crippen molar-refractivity contribution in [2.24, 2.45) is 0 Å². The van der Waals surface area contributed by atoms with Crippen molar-refractivity contribution in [3.63, 3.8) is 0 Å². The second-order valence-electron chi connectivity index (χ2n) is 3.29. The summed E-state index contributed by atoms with van der Waals surface area (Å²) in [7, 11) is 0. The van der Waals surface area contributed by atoms with E-state index < -0.39 is 0 Å². The molecule has 1 heteroatoms. The van der Waals surface area contributed by atoms with Crippen LogP contribution in [0.25, 0.3) is 5.69 Å². The van der Waals surface area contributed by atoms with Crippen molar-refractivity contribution >= 4 is 0 Å². The topological polar surface area (TPSA) is 4.93 Å². The van der Waals surface area contributed by atoms with Gasteiger partial charge in [-0.05, 0) is 43.2 Å².